The fraction of sp³-hybridized carbons (Fsp3) is 0.800. The molecule has 0 fully saturated rings. The maximum absolute atomic E-state index is 5.94. The van der Waals surface area contributed by atoms with Crippen molar-refractivity contribution < 1.29 is 0 Å². The van der Waals surface area contributed by atoms with Gasteiger partial charge in [0.15, 0.2) is 0 Å². The Labute approximate surface area is 69.7 Å². The zero-order valence-corrected chi connectivity index (χ0v) is 7.85. The molecule has 1 rings (SSSR count). The van der Waals surface area contributed by atoms with E-state index in [1.165, 1.54) is 18.4 Å². The molecule has 0 aromatic heterocycles. The van der Waals surface area contributed by atoms with Crippen LogP contribution in [0.3, 0.4) is 0 Å². The molecule has 1 aliphatic carbocycles. The summed E-state index contributed by atoms with van der Waals surface area (Å²) >= 11 is 0. The summed E-state index contributed by atoms with van der Waals surface area (Å²) < 4.78 is 0. The van der Waals surface area contributed by atoms with Crippen LogP contribution in [0.5, 0.6) is 0 Å². The summed E-state index contributed by atoms with van der Waals surface area (Å²) in [5.74, 6) is 0.780. The molecule has 11 heavy (non-hydrogen) atoms. The third-order valence-electron chi connectivity index (χ3n) is 2.66. The minimum atomic E-state index is 0.405. The molecule has 0 saturated heterocycles. The van der Waals surface area contributed by atoms with Crippen molar-refractivity contribution >= 4 is 0 Å². The monoisotopic (exact) mass is 153 g/mol. The molecule has 0 radical (unpaired) electrons. The van der Waals surface area contributed by atoms with Gasteiger partial charge in [0.2, 0.25) is 0 Å². The van der Waals surface area contributed by atoms with Crippen molar-refractivity contribution in [1.29, 1.82) is 0 Å². The maximum atomic E-state index is 5.94. The first-order valence-corrected chi connectivity index (χ1v) is 4.50. The normalized spacial score (nSPS) is 33.8. The molecule has 2 atom stereocenters. The molecule has 0 aromatic rings. The summed E-state index contributed by atoms with van der Waals surface area (Å²) in [5.41, 5.74) is 9.02. The highest BCUT2D eigenvalue weighted by Gasteiger charge is 2.15. The highest BCUT2D eigenvalue weighted by Crippen LogP contribution is 2.26. The van der Waals surface area contributed by atoms with Crippen molar-refractivity contribution in [3.63, 3.8) is 0 Å². The first kappa shape index (κ1) is 8.79. The summed E-state index contributed by atoms with van der Waals surface area (Å²) in [6, 6.07) is 0.405. The number of nitrogens with two attached hydrogens (primary N) is 1. The molecule has 2 N–H and O–H groups in total. The number of rotatable bonds is 0. The van der Waals surface area contributed by atoms with Crippen molar-refractivity contribution in [2.24, 2.45) is 11.7 Å². The Balaban J connectivity index is 2.69. The fourth-order valence-corrected chi connectivity index (χ4v) is 1.95. The van der Waals surface area contributed by atoms with E-state index in [-0.39, 0.29) is 0 Å². The topological polar surface area (TPSA) is 26.0 Å². The van der Waals surface area contributed by atoms with E-state index in [4.69, 9.17) is 5.73 Å². The summed E-state index contributed by atoms with van der Waals surface area (Å²) in [4.78, 5) is 0. The Hall–Kier alpha value is -0.300. The second-order valence-electron chi connectivity index (χ2n) is 4.07. The zero-order chi connectivity index (χ0) is 8.43. The summed E-state index contributed by atoms with van der Waals surface area (Å²) in [7, 11) is 0. The standard InChI is InChI=1S/C10H19N/c1-7-4-8(2)9(3)6-10(11)5-7/h7,10H,4-6,11H2,1-3H3. The molecule has 1 aliphatic rings. The van der Waals surface area contributed by atoms with Gasteiger partial charge in [0.25, 0.3) is 0 Å². The molecule has 0 aliphatic heterocycles. The molecular formula is C10H19N. The van der Waals surface area contributed by atoms with Crippen LogP contribution in [0.25, 0.3) is 0 Å². The van der Waals surface area contributed by atoms with E-state index in [0.29, 0.717) is 6.04 Å². The first-order valence-electron chi connectivity index (χ1n) is 4.50. The van der Waals surface area contributed by atoms with Gasteiger partial charge in [-0.25, -0.2) is 0 Å². The van der Waals surface area contributed by atoms with Crippen molar-refractivity contribution in [2.45, 2.75) is 46.1 Å². The number of allylic oxidation sites excluding steroid dienone is 1. The van der Waals surface area contributed by atoms with Gasteiger partial charge >= 0.3 is 0 Å². The molecule has 2 unspecified atom stereocenters. The second-order valence-corrected chi connectivity index (χ2v) is 4.07. The molecule has 0 saturated carbocycles. The summed E-state index contributed by atoms with van der Waals surface area (Å²) in [5, 5.41) is 0. The van der Waals surface area contributed by atoms with Gasteiger partial charge in [-0.05, 0) is 39.0 Å². The van der Waals surface area contributed by atoms with Gasteiger partial charge < -0.3 is 5.73 Å². The van der Waals surface area contributed by atoms with E-state index in [1.54, 1.807) is 5.57 Å². The molecule has 0 amide bonds. The van der Waals surface area contributed by atoms with Gasteiger partial charge in [-0.1, -0.05) is 18.1 Å². The summed E-state index contributed by atoms with van der Waals surface area (Å²) in [6.45, 7) is 6.75. The van der Waals surface area contributed by atoms with Crippen LogP contribution in [0.15, 0.2) is 11.1 Å². The van der Waals surface area contributed by atoms with Crippen LogP contribution in [-0.2, 0) is 0 Å². The fourth-order valence-electron chi connectivity index (χ4n) is 1.95. The Morgan fingerprint density at radius 1 is 1.18 bits per heavy atom. The zero-order valence-electron chi connectivity index (χ0n) is 7.85. The van der Waals surface area contributed by atoms with Gasteiger partial charge in [-0.2, -0.15) is 0 Å². The minimum Gasteiger partial charge on any atom is -0.327 e. The quantitative estimate of drug-likeness (QED) is 0.531. The Morgan fingerprint density at radius 2 is 1.73 bits per heavy atom. The van der Waals surface area contributed by atoms with E-state index in [1.807, 2.05) is 0 Å². The smallest absolute Gasteiger partial charge is 0.00787 e. The van der Waals surface area contributed by atoms with Crippen molar-refractivity contribution in [3.05, 3.63) is 11.1 Å². The molecule has 1 heteroatoms. The first-order chi connectivity index (χ1) is 5.09. The van der Waals surface area contributed by atoms with Gasteiger partial charge in [0, 0.05) is 6.04 Å². The lowest BCUT2D eigenvalue weighted by Crippen LogP contribution is -2.21. The maximum Gasteiger partial charge on any atom is 0.00787 e. The predicted molar refractivity (Wildman–Crippen MR) is 49.4 cm³/mol. The van der Waals surface area contributed by atoms with E-state index >= 15 is 0 Å². The molecular weight excluding hydrogens is 134 g/mol. The van der Waals surface area contributed by atoms with Crippen LogP contribution in [0.2, 0.25) is 0 Å². The average molecular weight is 153 g/mol. The van der Waals surface area contributed by atoms with Crippen molar-refractivity contribution in [3.8, 4) is 0 Å². The molecule has 64 valence electrons. The minimum absolute atomic E-state index is 0.405. The highest BCUT2D eigenvalue weighted by molar-refractivity contribution is 5.13. The third kappa shape index (κ3) is 2.33. The van der Waals surface area contributed by atoms with Crippen LogP contribution >= 0.6 is 0 Å². The van der Waals surface area contributed by atoms with E-state index in [2.05, 4.69) is 20.8 Å². The van der Waals surface area contributed by atoms with Gasteiger partial charge in [-0.15, -0.1) is 0 Å². The lowest BCUT2D eigenvalue weighted by molar-refractivity contribution is 0.476. The Kier molecular flexibility index (Phi) is 2.72. The van der Waals surface area contributed by atoms with Crippen molar-refractivity contribution in [2.75, 3.05) is 0 Å². The van der Waals surface area contributed by atoms with E-state index in [9.17, 15) is 0 Å². The predicted octanol–water partition coefficient (Wildman–Crippen LogP) is 2.47. The summed E-state index contributed by atoms with van der Waals surface area (Å²) in [6.07, 6.45) is 3.55. The van der Waals surface area contributed by atoms with E-state index in [0.717, 1.165) is 12.3 Å². The molecule has 0 heterocycles. The largest absolute Gasteiger partial charge is 0.327 e. The SMILES string of the molecule is CC1=C(C)CC(N)CC(C)C1. The second kappa shape index (κ2) is 3.40. The van der Waals surface area contributed by atoms with Crippen LogP contribution in [-0.4, -0.2) is 6.04 Å². The number of hydrogen-bond acceptors (Lipinski definition) is 1. The molecule has 0 spiro atoms. The number of hydrogen-bond donors (Lipinski definition) is 1. The lowest BCUT2D eigenvalue weighted by Gasteiger charge is -2.11. The van der Waals surface area contributed by atoms with Crippen LogP contribution in [0, 0.1) is 5.92 Å². The third-order valence-corrected chi connectivity index (χ3v) is 2.66. The van der Waals surface area contributed by atoms with E-state index < -0.39 is 0 Å². The molecule has 0 bridgehead atoms. The van der Waals surface area contributed by atoms with Crippen LogP contribution < -0.4 is 5.73 Å². The van der Waals surface area contributed by atoms with Crippen molar-refractivity contribution in [1.82, 2.24) is 0 Å². The Morgan fingerprint density at radius 3 is 2.36 bits per heavy atom. The van der Waals surface area contributed by atoms with Crippen LogP contribution in [0.4, 0.5) is 0 Å². The highest BCUT2D eigenvalue weighted by atomic mass is 14.6. The molecule has 1 nitrogen and oxygen atoms in total. The molecule has 0 aromatic carbocycles. The van der Waals surface area contributed by atoms with Gasteiger partial charge in [-0.3, -0.25) is 0 Å². The Bertz CT molecular complexity index is 152. The van der Waals surface area contributed by atoms with Crippen LogP contribution in [0.1, 0.15) is 40.0 Å². The van der Waals surface area contributed by atoms with Gasteiger partial charge in [0.05, 0.1) is 0 Å². The average Bonchev–Trinajstić information content (AvgIpc) is 1.93. The lowest BCUT2D eigenvalue weighted by atomic mass is 9.99. The van der Waals surface area contributed by atoms with Gasteiger partial charge in [0.1, 0.15) is 0 Å².